The number of piperidine rings is 1. The molecule has 0 radical (unpaired) electrons. The molecule has 2 heterocycles. The number of nitriles is 1. The number of hydrogen-bond acceptors (Lipinski definition) is 6. The average Bonchev–Trinajstić information content (AvgIpc) is 3.53. The number of rotatable bonds is 7. The largest absolute Gasteiger partial charge is 0.337 e. The smallest absolute Gasteiger partial charge is 0.244 e. The number of hydrogen-bond donors (Lipinski definition) is 1. The van der Waals surface area contributed by atoms with E-state index in [9.17, 15) is 18.5 Å². The number of nitrogens with zero attached hydrogens (tertiary/aromatic N) is 3. The van der Waals surface area contributed by atoms with Crippen LogP contribution < -0.4 is 5.32 Å². The van der Waals surface area contributed by atoms with Gasteiger partial charge in [-0.25, -0.2) is 13.4 Å². The second-order valence-electron chi connectivity index (χ2n) is 7.22. The minimum atomic E-state index is -3.49. The molecule has 1 N–H and O–H groups in total. The molecule has 3 rings (SSSR count). The first-order valence-corrected chi connectivity index (χ1v) is 11.6. The molecule has 1 aliphatic carbocycles. The van der Waals surface area contributed by atoms with E-state index >= 15 is 0 Å². The Labute approximate surface area is 164 Å². The Hall–Kier alpha value is -1.63. The molecule has 2 fully saturated rings. The first kappa shape index (κ1) is 20.1. The van der Waals surface area contributed by atoms with Gasteiger partial charge in [0.1, 0.15) is 10.4 Å². The van der Waals surface area contributed by atoms with E-state index in [1.54, 1.807) is 19.1 Å². The Morgan fingerprint density at radius 2 is 2.07 bits per heavy atom. The van der Waals surface area contributed by atoms with Gasteiger partial charge in [-0.15, -0.1) is 0 Å². The standard InChI is InChI=1S/C18H24N4O3S2/c1-18(13-19,14-5-6-14)21-16(23)12-26-17-8-7-15(11-20-17)27(24,25)22-9-3-2-4-10-22/h7-8,11,14H,2-6,9-10,12H2,1H3,(H,21,23)/t18-/m0/s1. The molecule has 27 heavy (non-hydrogen) atoms. The Balaban J connectivity index is 1.56. The van der Waals surface area contributed by atoms with Crippen LogP contribution in [0.15, 0.2) is 28.3 Å². The summed E-state index contributed by atoms with van der Waals surface area (Å²) in [7, 11) is -3.49. The Morgan fingerprint density at radius 1 is 1.37 bits per heavy atom. The maximum atomic E-state index is 12.6. The fraction of sp³-hybridized carbons (Fsp3) is 0.611. The number of sulfonamides is 1. The Morgan fingerprint density at radius 3 is 2.63 bits per heavy atom. The van der Waals surface area contributed by atoms with Gasteiger partial charge >= 0.3 is 0 Å². The Bertz CT molecular complexity index is 825. The zero-order valence-corrected chi connectivity index (χ0v) is 17.0. The normalized spacial score (nSPS) is 20.4. The summed E-state index contributed by atoms with van der Waals surface area (Å²) < 4.78 is 26.7. The van der Waals surface area contributed by atoms with Crippen LogP contribution in [0, 0.1) is 17.2 Å². The van der Waals surface area contributed by atoms with Crippen molar-refractivity contribution in [1.29, 1.82) is 5.26 Å². The lowest BCUT2D eigenvalue weighted by Gasteiger charge is -2.25. The monoisotopic (exact) mass is 408 g/mol. The van der Waals surface area contributed by atoms with E-state index in [1.165, 1.54) is 22.3 Å². The van der Waals surface area contributed by atoms with Gasteiger partial charge in [-0.1, -0.05) is 18.2 Å². The number of amides is 1. The van der Waals surface area contributed by atoms with Crippen LogP contribution in [-0.4, -0.2) is 48.0 Å². The van der Waals surface area contributed by atoms with Crippen molar-refractivity contribution >= 4 is 27.7 Å². The second kappa shape index (κ2) is 8.17. The van der Waals surface area contributed by atoms with Crippen molar-refractivity contribution in [2.45, 2.75) is 54.5 Å². The molecular formula is C18H24N4O3S2. The van der Waals surface area contributed by atoms with Crippen LogP contribution in [0.5, 0.6) is 0 Å². The predicted octanol–water partition coefficient (Wildman–Crippen LogP) is 2.16. The lowest BCUT2D eigenvalue weighted by atomic mass is 9.98. The van der Waals surface area contributed by atoms with Gasteiger partial charge < -0.3 is 5.32 Å². The third-order valence-electron chi connectivity index (χ3n) is 5.04. The topological polar surface area (TPSA) is 103 Å². The highest BCUT2D eigenvalue weighted by atomic mass is 32.2. The van der Waals surface area contributed by atoms with E-state index in [4.69, 9.17) is 0 Å². The molecule has 0 bridgehead atoms. The summed E-state index contributed by atoms with van der Waals surface area (Å²) in [6.07, 6.45) is 6.12. The quantitative estimate of drug-likeness (QED) is 0.694. The summed E-state index contributed by atoms with van der Waals surface area (Å²) >= 11 is 1.23. The predicted molar refractivity (Wildman–Crippen MR) is 102 cm³/mol. The number of nitrogens with one attached hydrogen (secondary N) is 1. The van der Waals surface area contributed by atoms with Crippen molar-refractivity contribution in [2.75, 3.05) is 18.8 Å². The summed E-state index contributed by atoms with van der Waals surface area (Å²) in [6.45, 7) is 2.86. The zero-order valence-electron chi connectivity index (χ0n) is 15.3. The number of carbonyl (C=O) groups excluding carboxylic acids is 1. The number of thioether (sulfide) groups is 1. The van der Waals surface area contributed by atoms with Crippen LogP contribution in [-0.2, 0) is 14.8 Å². The molecule has 9 heteroatoms. The highest BCUT2D eigenvalue weighted by Gasteiger charge is 2.42. The lowest BCUT2D eigenvalue weighted by Crippen LogP contribution is -2.47. The van der Waals surface area contributed by atoms with E-state index in [0.717, 1.165) is 32.1 Å². The molecule has 146 valence electrons. The molecule has 1 saturated heterocycles. The molecule has 1 aliphatic heterocycles. The van der Waals surface area contributed by atoms with Gasteiger partial charge in [-0.2, -0.15) is 9.57 Å². The highest BCUT2D eigenvalue weighted by Crippen LogP contribution is 2.39. The molecule has 1 saturated carbocycles. The number of carbonyl (C=O) groups is 1. The van der Waals surface area contributed by atoms with Crippen LogP contribution in [0.4, 0.5) is 0 Å². The molecular weight excluding hydrogens is 384 g/mol. The van der Waals surface area contributed by atoms with Crippen molar-refractivity contribution in [3.63, 3.8) is 0 Å². The van der Waals surface area contributed by atoms with Gasteiger partial charge in [-0.05, 0) is 50.7 Å². The fourth-order valence-electron chi connectivity index (χ4n) is 3.21. The molecule has 1 atom stereocenters. The van der Waals surface area contributed by atoms with Crippen LogP contribution in [0.25, 0.3) is 0 Å². The zero-order chi connectivity index (χ0) is 19.5. The molecule has 1 aromatic rings. The van der Waals surface area contributed by atoms with E-state index in [-0.39, 0.29) is 22.5 Å². The molecule has 1 amide bonds. The van der Waals surface area contributed by atoms with Gasteiger partial charge in [0.05, 0.1) is 16.8 Å². The van der Waals surface area contributed by atoms with Crippen molar-refractivity contribution in [1.82, 2.24) is 14.6 Å². The summed E-state index contributed by atoms with van der Waals surface area (Å²) in [5, 5.41) is 12.7. The summed E-state index contributed by atoms with van der Waals surface area (Å²) in [5.74, 6) is 0.145. The van der Waals surface area contributed by atoms with Crippen LogP contribution in [0.1, 0.15) is 39.0 Å². The highest BCUT2D eigenvalue weighted by molar-refractivity contribution is 7.99. The van der Waals surface area contributed by atoms with E-state index < -0.39 is 15.6 Å². The van der Waals surface area contributed by atoms with E-state index in [2.05, 4.69) is 16.4 Å². The van der Waals surface area contributed by atoms with Crippen LogP contribution in [0.2, 0.25) is 0 Å². The van der Waals surface area contributed by atoms with Gasteiger partial charge in [0.15, 0.2) is 0 Å². The molecule has 0 aromatic carbocycles. The summed E-state index contributed by atoms with van der Waals surface area (Å²) in [5.41, 5.74) is -0.808. The van der Waals surface area contributed by atoms with Gasteiger partial charge in [-0.3, -0.25) is 4.79 Å². The molecule has 0 spiro atoms. The van der Waals surface area contributed by atoms with Crippen molar-refractivity contribution in [3.8, 4) is 6.07 Å². The maximum Gasteiger partial charge on any atom is 0.244 e. The summed E-state index contributed by atoms with van der Waals surface area (Å²) in [6, 6.07) is 5.36. The lowest BCUT2D eigenvalue weighted by molar-refractivity contribution is -0.119. The molecule has 7 nitrogen and oxygen atoms in total. The average molecular weight is 409 g/mol. The van der Waals surface area contributed by atoms with Crippen molar-refractivity contribution in [3.05, 3.63) is 18.3 Å². The first-order valence-electron chi connectivity index (χ1n) is 9.16. The molecule has 2 aliphatic rings. The van der Waals surface area contributed by atoms with Gasteiger partial charge in [0.2, 0.25) is 15.9 Å². The minimum Gasteiger partial charge on any atom is -0.337 e. The van der Waals surface area contributed by atoms with Crippen LogP contribution >= 0.6 is 11.8 Å². The summed E-state index contributed by atoms with van der Waals surface area (Å²) in [4.78, 5) is 16.5. The van der Waals surface area contributed by atoms with Crippen LogP contribution in [0.3, 0.4) is 0 Å². The maximum absolute atomic E-state index is 12.6. The Kier molecular flexibility index (Phi) is 6.08. The molecule has 0 unspecified atom stereocenters. The first-order chi connectivity index (χ1) is 12.8. The number of pyridine rings is 1. The molecule has 1 aromatic heterocycles. The van der Waals surface area contributed by atoms with Crippen molar-refractivity contribution in [2.24, 2.45) is 5.92 Å². The number of aromatic nitrogens is 1. The van der Waals surface area contributed by atoms with Gasteiger partial charge in [0.25, 0.3) is 0 Å². The fourth-order valence-corrected chi connectivity index (χ4v) is 5.31. The van der Waals surface area contributed by atoms with Crippen molar-refractivity contribution < 1.29 is 13.2 Å². The third-order valence-corrected chi connectivity index (χ3v) is 7.86. The van der Waals surface area contributed by atoms with E-state index in [1.807, 2.05) is 0 Å². The second-order valence-corrected chi connectivity index (χ2v) is 10.2. The minimum absolute atomic E-state index is 0.134. The van der Waals surface area contributed by atoms with E-state index in [0.29, 0.717) is 18.1 Å². The van der Waals surface area contributed by atoms with Gasteiger partial charge in [0, 0.05) is 19.3 Å². The SMILES string of the molecule is C[C@@](C#N)(NC(=O)CSc1ccc(S(=O)(=O)N2CCCCC2)cn1)C1CC1. The third kappa shape index (κ3) is 4.81.